The highest BCUT2D eigenvalue weighted by molar-refractivity contribution is 7.92. The molecule has 170 valence electrons. The zero-order chi connectivity index (χ0) is 23.4. The number of hydrogen-bond donors (Lipinski definition) is 3. The van der Waals surface area contributed by atoms with E-state index in [1.807, 2.05) is 24.4 Å². The number of nitrogens with one attached hydrogen (secondary N) is 3. The number of amides is 1. The molecule has 0 spiro atoms. The molecular weight excluding hydrogens is 478 g/mol. The van der Waals surface area contributed by atoms with Crippen molar-refractivity contribution in [3.8, 4) is 10.7 Å². The molecule has 4 rings (SSSR count). The molecule has 0 saturated heterocycles. The van der Waals surface area contributed by atoms with E-state index in [4.69, 9.17) is 12.2 Å². The summed E-state index contributed by atoms with van der Waals surface area (Å²) in [6.45, 7) is 2.27. The van der Waals surface area contributed by atoms with Crippen molar-refractivity contribution in [2.75, 3.05) is 10.0 Å². The Balaban J connectivity index is 1.36. The van der Waals surface area contributed by atoms with Crippen LogP contribution < -0.4 is 10.0 Å². The molecule has 0 unspecified atom stereocenters. The van der Waals surface area contributed by atoms with Gasteiger partial charge < -0.3 is 5.32 Å². The van der Waals surface area contributed by atoms with Crippen molar-refractivity contribution in [3.05, 3.63) is 76.4 Å². The Hall–Kier alpha value is -3.28. The van der Waals surface area contributed by atoms with Crippen LogP contribution in [0.15, 0.2) is 70.9 Å². The Morgan fingerprint density at radius 3 is 2.45 bits per heavy atom. The standard InChI is InChI=1S/C22H21N5O3S3/c1-15-4-10-18(11-5-15)33(29,30)26-17-8-6-16(7-9-17)23-20(28)12-13-27-21(24-25-22(27)31)19-3-2-14-32-19/h2-11,14,26H,12-13H2,1H3,(H,23,28)(H,25,31). The largest absolute Gasteiger partial charge is 0.326 e. The first-order valence-electron chi connectivity index (χ1n) is 10.0. The maximum Gasteiger partial charge on any atom is 0.261 e. The maximum absolute atomic E-state index is 12.5. The van der Waals surface area contributed by atoms with E-state index in [0.29, 0.717) is 28.5 Å². The minimum atomic E-state index is -3.68. The molecular formula is C22H21N5O3S3. The number of aromatic nitrogens is 3. The van der Waals surface area contributed by atoms with Crippen molar-refractivity contribution in [3.63, 3.8) is 0 Å². The SMILES string of the molecule is Cc1ccc(S(=O)(=O)Nc2ccc(NC(=O)CCn3c(-c4cccs4)n[nH]c3=S)cc2)cc1. The molecule has 0 saturated carbocycles. The molecule has 0 aliphatic carbocycles. The summed E-state index contributed by atoms with van der Waals surface area (Å²) in [5.74, 6) is 0.510. The number of carbonyl (C=O) groups is 1. The van der Waals surface area contributed by atoms with Gasteiger partial charge in [-0.3, -0.25) is 19.2 Å². The highest BCUT2D eigenvalue weighted by Gasteiger charge is 2.14. The highest BCUT2D eigenvalue weighted by Crippen LogP contribution is 2.23. The van der Waals surface area contributed by atoms with Crippen molar-refractivity contribution in [2.45, 2.75) is 24.8 Å². The fourth-order valence-electron chi connectivity index (χ4n) is 3.11. The van der Waals surface area contributed by atoms with E-state index in [-0.39, 0.29) is 17.2 Å². The van der Waals surface area contributed by atoms with Gasteiger partial charge in [0.25, 0.3) is 10.0 Å². The highest BCUT2D eigenvalue weighted by atomic mass is 32.2. The molecule has 2 aromatic heterocycles. The number of nitrogens with zero attached hydrogens (tertiary/aromatic N) is 2. The van der Waals surface area contributed by atoms with Crippen molar-refractivity contribution >= 4 is 50.9 Å². The number of sulfonamides is 1. The molecule has 0 radical (unpaired) electrons. The molecule has 8 nitrogen and oxygen atoms in total. The Morgan fingerprint density at radius 1 is 1.09 bits per heavy atom. The van der Waals surface area contributed by atoms with E-state index in [9.17, 15) is 13.2 Å². The minimum Gasteiger partial charge on any atom is -0.326 e. The van der Waals surface area contributed by atoms with Gasteiger partial charge in [-0.15, -0.1) is 11.3 Å². The Labute approximate surface area is 200 Å². The molecule has 0 aliphatic rings. The van der Waals surface area contributed by atoms with Gasteiger partial charge in [0, 0.05) is 24.3 Å². The number of aromatic amines is 1. The summed E-state index contributed by atoms with van der Waals surface area (Å²) >= 11 is 6.84. The fraction of sp³-hybridized carbons (Fsp3) is 0.136. The zero-order valence-corrected chi connectivity index (χ0v) is 20.1. The van der Waals surface area contributed by atoms with Gasteiger partial charge in [0.1, 0.15) is 0 Å². The lowest BCUT2D eigenvalue weighted by molar-refractivity contribution is -0.116. The third kappa shape index (κ3) is 5.56. The molecule has 0 atom stereocenters. The molecule has 3 N–H and O–H groups in total. The predicted molar refractivity (Wildman–Crippen MR) is 132 cm³/mol. The normalized spacial score (nSPS) is 11.3. The van der Waals surface area contributed by atoms with E-state index in [0.717, 1.165) is 10.4 Å². The van der Waals surface area contributed by atoms with Gasteiger partial charge in [0.2, 0.25) is 5.91 Å². The molecule has 11 heteroatoms. The lowest BCUT2D eigenvalue weighted by Gasteiger charge is -2.10. The minimum absolute atomic E-state index is 0.185. The van der Waals surface area contributed by atoms with Gasteiger partial charge in [0.15, 0.2) is 10.6 Å². The van der Waals surface area contributed by atoms with Crippen LogP contribution in [0.5, 0.6) is 0 Å². The number of benzene rings is 2. The monoisotopic (exact) mass is 499 g/mol. The van der Waals surface area contributed by atoms with Gasteiger partial charge >= 0.3 is 0 Å². The third-order valence-electron chi connectivity index (χ3n) is 4.81. The summed E-state index contributed by atoms with van der Waals surface area (Å²) in [4.78, 5) is 13.6. The van der Waals surface area contributed by atoms with Crippen molar-refractivity contribution in [1.82, 2.24) is 14.8 Å². The molecule has 1 amide bonds. The topological polar surface area (TPSA) is 109 Å². The lowest BCUT2D eigenvalue weighted by atomic mass is 10.2. The van der Waals surface area contributed by atoms with Crippen LogP contribution in [-0.2, 0) is 21.4 Å². The van der Waals surface area contributed by atoms with E-state index in [2.05, 4.69) is 20.2 Å². The molecule has 0 aliphatic heterocycles. The van der Waals surface area contributed by atoms with E-state index < -0.39 is 10.0 Å². The molecule has 0 bridgehead atoms. The van der Waals surface area contributed by atoms with Crippen LogP contribution in [0.25, 0.3) is 10.7 Å². The van der Waals surface area contributed by atoms with Gasteiger partial charge in [0.05, 0.1) is 9.77 Å². The summed E-state index contributed by atoms with van der Waals surface area (Å²) in [7, 11) is -3.68. The van der Waals surface area contributed by atoms with Crippen molar-refractivity contribution < 1.29 is 13.2 Å². The second kappa shape index (κ2) is 9.69. The van der Waals surface area contributed by atoms with E-state index in [1.165, 1.54) is 0 Å². The number of anilines is 2. The second-order valence-electron chi connectivity index (χ2n) is 7.28. The number of hydrogen-bond acceptors (Lipinski definition) is 6. The maximum atomic E-state index is 12.5. The molecule has 2 heterocycles. The first kappa shape index (κ1) is 22.9. The Morgan fingerprint density at radius 2 is 1.79 bits per heavy atom. The third-order valence-corrected chi connectivity index (χ3v) is 7.39. The Bertz CT molecular complexity index is 1410. The first-order valence-corrected chi connectivity index (χ1v) is 12.8. The summed E-state index contributed by atoms with van der Waals surface area (Å²) < 4.78 is 29.8. The summed E-state index contributed by atoms with van der Waals surface area (Å²) in [6.07, 6.45) is 0.202. The van der Waals surface area contributed by atoms with Crippen molar-refractivity contribution in [1.29, 1.82) is 0 Å². The molecule has 4 aromatic rings. The van der Waals surface area contributed by atoms with Gasteiger partial charge in [-0.05, 0) is 67.0 Å². The lowest BCUT2D eigenvalue weighted by Crippen LogP contribution is -2.15. The number of carbonyl (C=O) groups excluding carboxylic acids is 1. The van der Waals surface area contributed by atoms with Gasteiger partial charge in [-0.2, -0.15) is 5.10 Å². The van der Waals surface area contributed by atoms with Crippen LogP contribution in [0.1, 0.15) is 12.0 Å². The predicted octanol–water partition coefficient (Wildman–Crippen LogP) is 4.81. The van der Waals surface area contributed by atoms with Gasteiger partial charge in [-0.25, -0.2) is 8.42 Å². The summed E-state index contributed by atoms with van der Waals surface area (Å²) in [5.41, 5.74) is 1.94. The summed E-state index contributed by atoms with van der Waals surface area (Å²) in [5, 5.41) is 11.8. The number of rotatable bonds is 8. The van der Waals surface area contributed by atoms with Crippen LogP contribution in [0, 0.1) is 11.7 Å². The second-order valence-corrected chi connectivity index (χ2v) is 10.3. The molecule has 0 fully saturated rings. The van der Waals surface area contributed by atoms with Crippen LogP contribution >= 0.6 is 23.6 Å². The van der Waals surface area contributed by atoms with Gasteiger partial charge in [-0.1, -0.05) is 23.8 Å². The summed E-state index contributed by atoms with van der Waals surface area (Å²) in [6, 6.07) is 17.0. The van der Waals surface area contributed by atoms with Crippen molar-refractivity contribution in [2.24, 2.45) is 0 Å². The first-order chi connectivity index (χ1) is 15.8. The number of thiophene rings is 1. The number of aryl methyl sites for hydroxylation is 1. The van der Waals surface area contributed by atoms with E-state index >= 15 is 0 Å². The van der Waals surface area contributed by atoms with Crippen LogP contribution in [-0.4, -0.2) is 29.1 Å². The van der Waals surface area contributed by atoms with Crippen LogP contribution in [0.3, 0.4) is 0 Å². The van der Waals surface area contributed by atoms with E-state index in [1.54, 1.807) is 64.4 Å². The zero-order valence-electron chi connectivity index (χ0n) is 17.6. The fourth-order valence-corrected chi connectivity index (χ4v) is 5.11. The smallest absolute Gasteiger partial charge is 0.261 e. The average molecular weight is 500 g/mol. The van der Waals surface area contributed by atoms with Crippen LogP contribution in [0.2, 0.25) is 0 Å². The molecule has 2 aromatic carbocycles. The average Bonchev–Trinajstić information content (AvgIpc) is 3.43. The van der Waals surface area contributed by atoms with Crippen LogP contribution in [0.4, 0.5) is 11.4 Å². The molecule has 33 heavy (non-hydrogen) atoms. The number of H-pyrrole nitrogens is 1. The quantitative estimate of drug-likeness (QED) is 0.302. The Kier molecular flexibility index (Phi) is 6.72.